The first-order valence-corrected chi connectivity index (χ1v) is 9.35. The average Bonchev–Trinajstić information content (AvgIpc) is 2.67. The number of para-hydroxylation sites is 2. The number of nitrogens with one attached hydrogen (secondary N) is 3. The number of fused-ring (bicyclic) bond motifs is 1. The molecule has 0 spiro atoms. The zero-order valence-electron chi connectivity index (χ0n) is 15.5. The summed E-state index contributed by atoms with van der Waals surface area (Å²) >= 11 is 0. The van der Waals surface area contributed by atoms with Crippen molar-refractivity contribution in [2.24, 2.45) is 0 Å². The van der Waals surface area contributed by atoms with Crippen LogP contribution < -0.4 is 20.7 Å². The number of unbranched alkanes of at least 4 members (excludes halogenated alkanes) is 2. The number of hydrogen-bond donors (Lipinski definition) is 3. The monoisotopic (exact) mass is 367 g/mol. The molecule has 3 rings (SSSR count). The second-order valence-corrected chi connectivity index (χ2v) is 6.56. The second kappa shape index (κ2) is 9.07. The highest BCUT2D eigenvalue weighted by molar-refractivity contribution is 6.06. The zero-order valence-corrected chi connectivity index (χ0v) is 15.5. The molecule has 1 aliphatic rings. The lowest BCUT2D eigenvalue weighted by atomic mass is 10.1. The lowest BCUT2D eigenvalue weighted by Crippen LogP contribution is -2.41. The van der Waals surface area contributed by atoms with E-state index in [1.807, 2.05) is 36.4 Å². The molecule has 2 aromatic carbocycles. The van der Waals surface area contributed by atoms with E-state index in [1.54, 1.807) is 12.1 Å². The Hall–Kier alpha value is -3.02. The van der Waals surface area contributed by atoms with E-state index in [0.717, 1.165) is 36.4 Å². The summed E-state index contributed by atoms with van der Waals surface area (Å²) in [6.45, 7) is 2.85. The molecule has 0 saturated carbocycles. The first-order valence-electron chi connectivity index (χ1n) is 9.35. The van der Waals surface area contributed by atoms with E-state index in [9.17, 15) is 9.59 Å². The van der Waals surface area contributed by atoms with Crippen molar-refractivity contribution < 1.29 is 14.3 Å². The lowest BCUT2D eigenvalue weighted by molar-refractivity contribution is -0.122. The molecule has 1 aliphatic heterocycles. The molecule has 2 aromatic rings. The van der Waals surface area contributed by atoms with Gasteiger partial charge in [0.25, 0.3) is 0 Å². The van der Waals surface area contributed by atoms with Crippen LogP contribution in [0.3, 0.4) is 0 Å². The maximum Gasteiger partial charge on any atom is 0.247 e. The van der Waals surface area contributed by atoms with Gasteiger partial charge in [0.1, 0.15) is 11.8 Å². The molecular weight excluding hydrogens is 342 g/mol. The molecule has 1 atom stereocenters. The number of amides is 2. The average molecular weight is 367 g/mol. The van der Waals surface area contributed by atoms with Gasteiger partial charge in [0.05, 0.1) is 24.4 Å². The minimum absolute atomic E-state index is 0.0510. The van der Waals surface area contributed by atoms with Crippen LogP contribution in [0.15, 0.2) is 48.5 Å². The maximum atomic E-state index is 12.3. The Kier molecular flexibility index (Phi) is 6.30. The molecule has 6 nitrogen and oxygen atoms in total. The van der Waals surface area contributed by atoms with Gasteiger partial charge in [-0.2, -0.15) is 0 Å². The van der Waals surface area contributed by atoms with Crippen LogP contribution in [0.1, 0.15) is 32.6 Å². The van der Waals surface area contributed by atoms with Gasteiger partial charge in [-0.05, 0) is 42.8 Å². The Morgan fingerprint density at radius 1 is 1.07 bits per heavy atom. The fourth-order valence-electron chi connectivity index (χ4n) is 2.91. The van der Waals surface area contributed by atoms with E-state index in [2.05, 4.69) is 22.9 Å². The third-order valence-corrected chi connectivity index (χ3v) is 4.38. The fourth-order valence-corrected chi connectivity index (χ4v) is 2.91. The zero-order chi connectivity index (χ0) is 19.1. The SMILES string of the molecule is CCCCCOc1ccc(NC(=O)CC2Nc3ccccc3NC2=O)cc1. The van der Waals surface area contributed by atoms with Crippen LogP contribution in [-0.2, 0) is 9.59 Å². The molecule has 0 saturated heterocycles. The summed E-state index contributed by atoms with van der Waals surface area (Å²) in [5, 5.41) is 8.75. The third kappa shape index (κ3) is 5.23. The van der Waals surface area contributed by atoms with E-state index in [-0.39, 0.29) is 18.2 Å². The summed E-state index contributed by atoms with van der Waals surface area (Å²) in [6, 6.07) is 14.1. The van der Waals surface area contributed by atoms with Crippen LogP contribution in [0.25, 0.3) is 0 Å². The van der Waals surface area contributed by atoms with Crippen LogP contribution in [0, 0.1) is 0 Å². The first kappa shape index (κ1) is 18.8. The van der Waals surface area contributed by atoms with Gasteiger partial charge in [-0.25, -0.2) is 0 Å². The van der Waals surface area contributed by atoms with E-state index in [1.165, 1.54) is 0 Å². The molecule has 1 unspecified atom stereocenters. The Labute approximate surface area is 159 Å². The van der Waals surface area contributed by atoms with Crippen LogP contribution in [-0.4, -0.2) is 24.5 Å². The van der Waals surface area contributed by atoms with Gasteiger partial charge in [0.2, 0.25) is 11.8 Å². The van der Waals surface area contributed by atoms with Gasteiger partial charge in [0.15, 0.2) is 0 Å². The molecule has 0 fully saturated rings. The number of carbonyl (C=O) groups is 2. The predicted molar refractivity (Wildman–Crippen MR) is 107 cm³/mol. The quantitative estimate of drug-likeness (QED) is 0.616. The van der Waals surface area contributed by atoms with E-state index in [0.29, 0.717) is 12.3 Å². The molecule has 0 aromatic heterocycles. The van der Waals surface area contributed by atoms with E-state index in [4.69, 9.17) is 4.74 Å². The number of benzene rings is 2. The van der Waals surface area contributed by atoms with Crippen molar-refractivity contribution in [1.29, 1.82) is 0 Å². The maximum absolute atomic E-state index is 12.3. The van der Waals surface area contributed by atoms with Crippen molar-refractivity contribution in [3.8, 4) is 5.75 Å². The van der Waals surface area contributed by atoms with Crippen molar-refractivity contribution in [3.63, 3.8) is 0 Å². The van der Waals surface area contributed by atoms with Crippen molar-refractivity contribution in [1.82, 2.24) is 0 Å². The van der Waals surface area contributed by atoms with Gasteiger partial charge in [-0.1, -0.05) is 31.9 Å². The number of hydrogen-bond acceptors (Lipinski definition) is 4. The Bertz CT molecular complexity index is 790. The summed E-state index contributed by atoms with van der Waals surface area (Å²) in [5.41, 5.74) is 2.23. The molecule has 6 heteroatoms. The molecule has 0 bridgehead atoms. The lowest BCUT2D eigenvalue weighted by Gasteiger charge is -2.26. The molecule has 1 heterocycles. The molecule has 0 aliphatic carbocycles. The largest absolute Gasteiger partial charge is 0.494 e. The smallest absolute Gasteiger partial charge is 0.247 e. The second-order valence-electron chi connectivity index (χ2n) is 6.56. The fraction of sp³-hybridized carbons (Fsp3) is 0.333. The van der Waals surface area contributed by atoms with Crippen molar-refractivity contribution in [2.45, 2.75) is 38.6 Å². The van der Waals surface area contributed by atoms with Gasteiger partial charge >= 0.3 is 0 Å². The minimum Gasteiger partial charge on any atom is -0.494 e. The third-order valence-electron chi connectivity index (χ3n) is 4.38. The Morgan fingerprint density at radius 2 is 1.81 bits per heavy atom. The molecule has 142 valence electrons. The number of carbonyl (C=O) groups excluding carboxylic acids is 2. The highest BCUT2D eigenvalue weighted by atomic mass is 16.5. The summed E-state index contributed by atoms with van der Waals surface area (Å²) in [6.07, 6.45) is 3.40. The number of anilines is 3. The predicted octanol–water partition coefficient (Wildman–Crippen LogP) is 4.02. The van der Waals surface area contributed by atoms with Gasteiger partial charge in [0, 0.05) is 5.69 Å². The van der Waals surface area contributed by atoms with Gasteiger partial charge in [-0.15, -0.1) is 0 Å². The van der Waals surface area contributed by atoms with Crippen molar-refractivity contribution >= 4 is 28.9 Å². The molecular formula is C21H25N3O3. The first-order chi connectivity index (χ1) is 13.2. The summed E-state index contributed by atoms with van der Waals surface area (Å²) in [5.74, 6) is 0.354. The summed E-state index contributed by atoms with van der Waals surface area (Å²) in [4.78, 5) is 24.5. The topological polar surface area (TPSA) is 79.5 Å². The van der Waals surface area contributed by atoms with E-state index < -0.39 is 6.04 Å². The number of ether oxygens (including phenoxy) is 1. The van der Waals surface area contributed by atoms with E-state index >= 15 is 0 Å². The minimum atomic E-state index is -0.596. The van der Waals surface area contributed by atoms with Crippen molar-refractivity contribution in [3.05, 3.63) is 48.5 Å². The molecule has 0 radical (unpaired) electrons. The van der Waals surface area contributed by atoms with Gasteiger partial charge < -0.3 is 20.7 Å². The molecule has 2 amide bonds. The Balaban J connectivity index is 1.50. The molecule has 3 N–H and O–H groups in total. The molecule has 27 heavy (non-hydrogen) atoms. The highest BCUT2D eigenvalue weighted by Crippen LogP contribution is 2.27. The highest BCUT2D eigenvalue weighted by Gasteiger charge is 2.27. The van der Waals surface area contributed by atoms with Crippen LogP contribution >= 0.6 is 0 Å². The summed E-state index contributed by atoms with van der Waals surface area (Å²) < 4.78 is 5.66. The van der Waals surface area contributed by atoms with Crippen LogP contribution in [0.4, 0.5) is 17.1 Å². The normalized spacial score (nSPS) is 15.3. The van der Waals surface area contributed by atoms with Crippen molar-refractivity contribution in [2.75, 3.05) is 22.6 Å². The van der Waals surface area contributed by atoms with Crippen LogP contribution in [0.5, 0.6) is 5.75 Å². The number of rotatable bonds is 8. The Morgan fingerprint density at radius 3 is 2.56 bits per heavy atom. The van der Waals surface area contributed by atoms with Gasteiger partial charge in [-0.3, -0.25) is 9.59 Å². The van der Waals surface area contributed by atoms with Crippen LogP contribution in [0.2, 0.25) is 0 Å². The summed E-state index contributed by atoms with van der Waals surface area (Å²) in [7, 11) is 0. The standard InChI is InChI=1S/C21H25N3O3/c1-2-3-6-13-27-16-11-9-15(10-12-16)22-20(25)14-19-21(26)24-18-8-5-4-7-17(18)23-19/h4-5,7-12,19,23H,2-3,6,13-14H2,1H3,(H,22,25)(H,24,26).